The maximum absolute atomic E-state index is 13.0. The van der Waals surface area contributed by atoms with E-state index in [4.69, 9.17) is 9.47 Å². The number of rotatable bonds is 4. The molecule has 2 aromatic rings. The number of carbonyl (C=O) groups excluding carboxylic acids is 1. The molecule has 0 aliphatic carbocycles. The van der Waals surface area contributed by atoms with Gasteiger partial charge in [-0.2, -0.15) is 4.31 Å². The van der Waals surface area contributed by atoms with Crippen molar-refractivity contribution < 1.29 is 22.7 Å². The van der Waals surface area contributed by atoms with Crippen LogP contribution in [0.25, 0.3) is 0 Å². The van der Waals surface area contributed by atoms with Crippen molar-refractivity contribution in [1.82, 2.24) is 4.31 Å². The van der Waals surface area contributed by atoms with Crippen LogP contribution < -0.4 is 14.8 Å². The summed E-state index contributed by atoms with van der Waals surface area (Å²) in [4.78, 5) is 12.9. The predicted molar refractivity (Wildman–Crippen MR) is 113 cm³/mol. The lowest BCUT2D eigenvalue weighted by Crippen LogP contribution is -2.41. The average Bonchev–Trinajstić information content (AvgIpc) is 2.75. The maximum Gasteiger partial charge on any atom is 0.243 e. The van der Waals surface area contributed by atoms with Crippen molar-refractivity contribution in [2.24, 2.45) is 5.92 Å². The van der Waals surface area contributed by atoms with Gasteiger partial charge in [0.25, 0.3) is 0 Å². The van der Waals surface area contributed by atoms with Crippen LogP contribution in [0, 0.1) is 19.8 Å². The highest BCUT2D eigenvalue weighted by molar-refractivity contribution is 7.89. The van der Waals surface area contributed by atoms with Crippen LogP contribution >= 0.6 is 0 Å². The van der Waals surface area contributed by atoms with Gasteiger partial charge in [-0.15, -0.1) is 0 Å². The van der Waals surface area contributed by atoms with Gasteiger partial charge in [0.15, 0.2) is 11.5 Å². The normalized spacial score (nSPS) is 17.5. The highest BCUT2D eigenvalue weighted by atomic mass is 32.2. The lowest BCUT2D eigenvalue weighted by Gasteiger charge is -2.31. The van der Waals surface area contributed by atoms with Crippen LogP contribution in [0.15, 0.2) is 41.3 Å². The van der Waals surface area contributed by atoms with Gasteiger partial charge in [0.2, 0.25) is 15.9 Å². The summed E-state index contributed by atoms with van der Waals surface area (Å²) in [6.45, 7) is 5.44. The Balaban J connectivity index is 1.40. The molecule has 4 rings (SSSR count). The summed E-state index contributed by atoms with van der Waals surface area (Å²) in [6, 6.07) is 10.6. The number of nitrogens with one attached hydrogen (secondary N) is 1. The second-order valence-electron chi connectivity index (χ2n) is 7.79. The summed E-state index contributed by atoms with van der Waals surface area (Å²) in [7, 11) is -3.65. The van der Waals surface area contributed by atoms with E-state index in [2.05, 4.69) is 5.32 Å². The van der Waals surface area contributed by atoms with Crippen molar-refractivity contribution in [2.45, 2.75) is 31.6 Å². The minimum atomic E-state index is -3.65. The molecule has 0 saturated carbocycles. The minimum absolute atomic E-state index is 0.0571. The number of piperidine rings is 1. The zero-order valence-electron chi connectivity index (χ0n) is 17.2. The summed E-state index contributed by atoms with van der Waals surface area (Å²) in [6.07, 6.45) is 0.973. The summed E-state index contributed by atoms with van der Waals surface area (Å²) >= 11 is 0. The second kappa shape index (κ2) is 8.28. The Bertz CT molecular complexity index is 1060. The fourth-order valence-corrected chi connectivity index (χ4v) is 5.37. The average molecular weight is 431 g/mol. The van der Waals surface area contributed by atoms with E-state index >= 15 is 0 Å². The van der Waals surface area contributed by atoms with Crippen LogP contribution in [0.3, 0.4) is 0 Å². The van der Waals surface area contributed by atoms with Gasteiger partial charge in [-0.1, -0.05) is 17.7 Å². The molecular formula is C22H26N2O5S. The smallest absolute Gasteiger partial charge is 0.243 e. The molecule has 2 aliphatic heterocycles. The lowest BCUT2D eigenvalue weighted by molar-refractivity contribution is -0.120. The van der Waals surface area contributed by atoms with Crippen LogP contribution in [0.2, 0.25) is 0 Å². The van der Waals surface area contributed by atoms with Crippen molar-refractivity contribution in [3.05, 3.63) is 47.5 Å². The first-order chi connectivity index (χ1) is 14.3. The van der Waals surface area contributed by atoms with Gasteiger partial charge < -0.3 is 14.8 Å². The molecule has 2 heterocycles. The number of benzene rings is 2. The third-order valence-corrected chi connectivity index (χ3v) is 7.51. The van der Waals surface area contributed by atoms with Gasteiger partial charge in [0, 0.05) is 30.8 Å². The predicted octanol–water partition coefficient (Wildman–Crippen LogP) is 3.11. The number of aryl methyl sites for hydroxylation is 2. The number of nitrogens with zero attached hydrogens (tertiary/aromatic N) is 1. The number of carbonyl (C=O) groups is 1. The van der Waals surface area contributed by atoms with E-state index in [9.17, 15) is 13.2 Å². The van der Waals surface area contributed by atoms with E-state index in [0.717, 1.165) is 16.8 Å². The summed E-state index contributed by atoms with van der Waals surface area (Å²) in [5.41, 5.74) is 2.96. The van der Waals surface area contributed by atoms with Crippen LogP contribution in [-0.4, -0.2) is 44.9 Å². The van der Waals surface area contributed by atoms with E-state index in [0.29, 0.717) is 50.6 Å². The number of fused-ring (bicyclic) bond motifs is 1. The lowest BCUT2D eigenvalue weighted by atomic mass is 9.97. The number of sulfonamides is 1. The molecule has 0 aromatic heterocycles. The monoisotopic (exact) mass is 430 g/mol. The largest absolute Gasteiger partial charge is 0.486 e. The molecule has 160 valence electrons. The van der Waals surface area contributed by atoms with Crippen LogP contribution in [-0.2, 0) is 14.8 Å². The zero-order valence-corrected chi connectivity index (χ0v) is 18.0. The van der Waals surface area contributed by atoms with Crippen molar-refractivity contribution in [2.75, 3.05) is 31.6 Å². The first kappa shape index (κ1) is 20.7. The Morgan fingerprint density at radius 2 is 1.70 bits per heavy atom. The first-order valence-electron chi connectivity index (χ1n) is 10.1. The molecule has 0 spiro atoms. The van der Waals surface area contributed by atoms with Crippen LogP contribution in [0.1, 0.15) is 24.0 Å². The summed E-state index contributed by atoms with van der Waals surface area (Å²) in [5, 5.41) is 2.99. The molecular weight excluding hydrogens is 404 g/mol. The third-order valence-electron chi connectivity index (χ3n) is 5.62. The van der Waals surface area contributed by atoms with Crippen molar-refractivity contribution >= 4 is 21.6 Å². The fourth-order valence-electron chi connectivity index (χ4n) is 3.88. The molecule has 30 heavy (non-hydrogen) atoms. The first-order valence-corrected chi connectivity index (χ1v) is 11.6. The Kier molecular flexibility index (Phi) is 5.71. The molecule has 2 aromatic carbocycles. The van der Waals surface area contributed by atoms with E-state index in [-0.39, 0.29) is 16.7 Å². The number of ether oxygens (including phenoxy) is 2. The molecule has 1 N–H and O–H groups in total. The molecule has 0 bridgehead atoms. The SMILES string of the molecule is Cc1ccc(NC(=O)C2CCN(S(=O)(=O)c3ccc4c(c3)OCCO4)CC2)c(C)c1. The zero-order chi connectivity index (χ0) is 21.3. The van der Waals surface area contributed by atoms with Gasteiger partial charge in [0.1, 0.15) is 13.2 Å². The summed E-state index contributed by atoms with van der Waals surface area (Å²) in [5.74, 6) is 0.739. The molecule has 8 heteroatoms. The number of hydrogen-bond acceptors (Lipinski definition) is 5. The van der Waals surface area contributed by atoms with Crippen LogP contribution in [0.5, 0.6) is 11.5 Å². The number of anilines is 1. The molecule has 1 amide bonds. The van der Waals surface area contributed by atoms with E-state index in [1.807, 2.05) is 32.0 Å². The molecule has 1 saturated heterocycles. The molecule has 0 atom stereocenters. The van der Waals surface area contributed by atoms with Gasteiger partial charge in [-0.25, -0.2) is 8.42 Å². The van der Waals surface area contributed by atoms with Gasteiger partial charge in [-0.3, -0.25) is 4.79 Å². The van der Waals surface area contributed by atoms with Gasteiger partial charge in [0.05, 0.1) is 4.90 Å². The molecule has 0 unspecified atom stereocenters. The molecule has 7 nitrogen and oxygen atoms in total. The van der Waals surface area contributed by atoms with Crippen LogP contribution in [0.4, 0.5) is 5.69 Å². The second-order valence-corrected chi connectivity index (χ2v) is 9.73. The van der Waals surface area contributed by atoms with Crippen molar-refractivity contribution in [1.29, 1.82) is 0 Å². The van der Waals surface area contributed by atoms with Gasteiger partial charge in [-0.05, 0) is 50.5 Å². The summed E-state index contributed by atoms with van der Waals surface area (Å²) < 4.78 is 38.5. The van der Waals surface area contributed by atoms with E-state index in [1.54, 1.807) is 12.1 Å². The molecule has 0 radical (unpaired) electrons. The van der Waals surface area contributed by atoms with Crippen molar-refractivity contribution in [3.8, 4) is 11.5 Å². The maximum atomic E-state index is 13.0. The Morgan fingerprint density at radius 1 is 1.00 bits per heavy atom. The topological polar surface area (TPSA) is 84.9 Å². The Morgan fingerprint density at radius 3 is 2.40 bits per heavy atom. The number of hydrogen-bond donors (Lipinski definition) is 1. The minimum Gasteiger partial charge on any atom is -0.486 e. The standard InChI is InChI=1S/C22H26N2O5S/c1-15-3-5-19(16(2)13-15)23-22(25)17-7-9-24(10-8-17)30(26,27)18-4-6-20-21(14-18)29-12-11-28-20/h3-6,13-14,17H,7-12H2,1-2H3,(H,23,25). The Hall–Kier alpha value is -2.58. The Labute approximate surface area is 177 Å². The van der Waals surface area contributed by atoms with E-state index < -0.39 is 10.0 Å². The van der Waals surface area contributed by atoms with Crippen molar-refractivity contribution in [3.63, 3.8) is 0 Å². The highest BCUT2D eigenvalue weighted by Gasteiger charge is 2.33. The highest BCUT2D eigenvalue weighted by Crippen LogP contribution is 2.34. The quantitative estimate of drug-likeness (QED) is 0.806. The fraction of sp³-hybridized carbons (Fsp3) is 0.409. The molecule has 2 aliphatic rings. The van der Waals surface area contributed by atoms with E-state index in [1.165, 1.54) is 10.4 Å². The molecule has 1 fully saturated rings. The number of amides is 1. The van der Waals surface area contributed by atoms with Gasteiger partial charge >= 0.3 is 0 Å². The third kappa shape index (κ3) is 4.15.